The summed E-state index contributed by atoms with van der Waals surface area (Å²) in [5.74, 6) is -0.776. The van der Waals surface area contributed by atoms with E-state index < -0.39 is 21.4 Å². The van der Waals surface area contributed by atoms with Crippen molar-refractivity contribution in [3.63, 3.8) is 0 Å². The summed E-state index contributed by atoms with van der Waals surface area (Å²) >= 11 is 3.10. The SMILES string of the molecule is NC1(CNS(=O)(=O)c2ccc(Br)cc2F)CCCCC1. The summed E-state index contributed by atoms with van der Waals surface area (Å²) in [6, 6.07) is 3.87. The molecule has 0 aromatic heterocycles. The molecule has 0 spiro atoms. The molecule has 1 aliphatic rings. The largest absolute Gasteiger partial charge is 0.324 e. The van der Waals surface area contributed by atoms with Crippen LogP contribution in [-0.2, 0) is 10.0 Å². The Hall–Kier alpha value is -0.500. The van der Waals surface area contributed by atoms with E-state index in [1.807, 2.05) is 0 Å². The molecule has 0 bridgehead atoms. The molecule has 0 amide bonds. The zero-order valence-corrected chi connectivity index (χ0v) is 13.4. The lowest BCUT2D eigenvalue weighted by Crippen LogP contribution is -2.51. The van der Waals surface area contributed by atoms with Crippen molar-refractivity contribution < 1.29 is 12.8 Å². The van der Waals surface area contributed by atoms with Gasteiger partial charge in [-0.25, -0.2) is 17.5 Å². The van der Waals surface area contributed by atoms with Crippen LogP contribution in [0.2, 0.25) is 0 Å². The summed E-state index contributed by atoms with van der Waals surface area (Å²) in [4.78, 5) is -0.347. The Morgan fingerprint density at radius 3 is 2.55 bits per heavy atom. The predicted molar refractivity (Wildman–Crippen MR) is 79.3 cm³/mol. The predicted octanol–water partition coefficient (Wildman–Crippen LogP) is 2.53. The Morgan fingerprint density at radius 1 is 1.30 bits per heavy atom. The Balaban J connectivity index is 2.11. The summed E-state index contributed by atoms with van der Waals surface area (Å²) in [7, 11) is -3.87. The van der Waals surface area contributed by atoms with Crippen molar-refractivity contribution in [2.24, 2.45) is 5.73 Å². The molecule has 0 atom stereocenters. The van der Waals surface area contributed by atoms with Crippen molar-refractivity contribution in [2.45, 2.75) is 42.5 Å². The molecule has 1 aliphatic carbocycles. The van der Waals surface area contributed by atoms with Gasteiger partial charge in [0.1, 0.15) is 10.7 Å². The summed E-state index contributed by atoms with van der Waals surface area (Å²) in [6.45, 7) is 0.144. The molecule has 1 aromatic carbocycles. The van der Waals surface area contributed by atoms with Crippen molar-refractivity contribution in [3.8, 4) is 0 Å². The van der Waals surface area contributed by atoms with Crippen LogP contribution in [0, 0.1) is 5.82 Å². The number of rotatable bonds is 4. The maximum absolute atomic E-state index is 13.7. The van der Waals surface area contributed by atoms with Gasteiger partial charge in [-0.05, 0) is 31.0 Å². The van der Waals surface area contributed by atoms with Crippen molar-refractivity contribution in [2.75, 3.05) is 6.54 Å². The molecule has 1 saturated carbocycles. The zero-order valence-electron chi connectivity index (χ0n) is 11.0. The van der Waals surface area contributed by atoms with Crippen molar-refractivity contribution >= 4 is 26.0 Å². The average molecular weight is 365 g/mol. The maximum Gasteiger partial charge on any atom is 0.243 e. The lowest BCUT2D eigenvalue weighted by atomic mass is 9.83. The van der Waals surface area contributed by atoms with Gasteiger partial charge in [0.05, 0.1) is 0 Å². The summed E-state index contributed by atoms with van der Waals surface area (Å²) in [6.07, 6.45) is 4.72. The molecule has 2 rings (SSSR count). The van der Waals surface area contributed by atoms with Gasteiger partial charge in [-0.2, -0.15) is 0 Å². The average Bonchev–Trinajstić information content (AvgIpc) is 2.37. The molecule has 3 N–H and O–H groups in total. The highest BCUT2D eigenvalue weighted by Gasteiger charge is 2.30. The van der Waals surface area contributed by atoms with Gasteiger partial charge in [-0.1, -0.05) is 35.2 Å². The quantitative estimate of drug-likeness (QED) is 0.861. The van der Waals surface area contributed by atoms with Gasteiger partial charge in [-0.3, -0.25) is 0 Å². The molecule has 0 radical (unpaired) electrons. The van der Waals surface area contributed by atoms with E-state index in [0.717, 1.165) is 38.2 Å². The number of hydrogen-bond donors (Lipinski definition) is 2. The second-order valence-corrected chi connectivity index (χ2v) is 7.97. The Bertz CT molecular complexity index is 586. The molecule has 20 heavy (non-hydrogen) atoms. The number of sulfonamides is 1. The van der Waals surface area contributed by atoms with E-state index in [2.05, 4.69) is 20.7 Å². The van der Waals surface area contributed by atoms with Crippen LogP contribution in [0.25, 0.3) is 0 Å². The first kappa shape index (κ1) is 15.9. The molecule has 0 saturated heterocycles. The molecule has 0 aliphatic heterocycles. The van der Waals surface area contributed by atoms with Crippen LogP contribution in [0.3, 0.4) is 0 Å². The highest BCUT2D eigenvalue weighted by atomic mass is 79.9. The van der Waals surface area contributed by atoms with E-state index in [0.29, 0.717) is 4.47 Å². The Kier molecular flexibility index (Phi) is 4.84. The minimum absolute atomic E-state index is 0.144. The van der Waals surface area contributed by atoms with Crippen LogP contribution in [0.5, 0.6) is 0 Å². The third-order valence-corrected chi connectivity index (χ3v) is 5.57. The molecule has 1 fully saturated rings. The normalized spacial score (nSPS) is 18.9. The van der Waals surface area contributed by atoms with E-state index in [9.17, 15) is 12.8 Å². The first-order valence-corrected chi connectivity index (χ1v) is 8.84. The number of hydrogen-bond acceptors (Lipinski definition) is 3. The van der Waals surface area contributed by atoms with E-state index in [1.54, 1.807) is 0 Å². The number of nitrogens with one attached hydrogen (secondary N) is 1. The summed E-state index contributed by atoms with van der Waals surface area (Å²) in [5, 5.41) is 0. The first-order valence-electron chi connectivity index (χ1n) is 6.56. The first-order chi connectivity index (χ1) is 9.32. The van der Waals surface area contributed by atoms with Crippen molar-refractivity contribution in [1.29, 1.82) is 0 Å². The highest BCUT2D eigenvalue weighted by molar-refractivity contribution is 9.10. The lowest BCUT2D eigenvalue weighted by Gasteiger charge is -2.33. The topological polar surface area (TPSA) is 72.2 Å². The van der Waals surface area contributed by atoms with Gasteiger partial charge in [0, 0.05) is 16.6 Å². The molecular weight excluding hydrogens is 347 g/mol. The van der Waals surface area contributed by atoms with E-state index in [4.69, 9.17) is 5.73 Å². The van der Waals surface area contributed by atoms with Crippen LogP contribution < -0.4 is 10.5 Å². The second-order valence-electron chi connectivity index (χ2n) is 5.32. The third kappa shape index (κ3) is 3.78. The zero-order chi connectivity index (χ0) is 14.8. The smallest absolute Gasteiger partial charge is 0.243 e. The Morgan fingerprint density at radius 2 is 1.95 bits per heavy atom. The van der Waals surface area contributed by atoms with Gasteiger partial charge in [0.2, 0.25) is 10.0 Å². The van der Waals surface area contributed by atoms with E-state index >= 15 is 0 Å². The van der Waals surface area contributed by atoms with Gasteiger partial charge in [-0.15, -0.1) is 0 Å². The minimum atomic E-state index is -3.87. The minimum Gasteiger partial charge on any atom is -0.324 e. The van der Waals surface area contributed by atoms with Crippen LogP contribution in [0.1, 0.15) is 32.1 Å². The number of nitrogens with two attached hydrogens (primary N) is 1. The molecule has 0 unspecified atom stereocenters. The van der Waals surface area contributed by atoms with Crippen LogP contribution in [0.15, 0.2) is 27.6 Å². The highest BCUT2D eigenvalue weighted by Crippen LogP contribution is 2.26. The van der Waals surface area contributed by atoms with Crippen LogP contribution >= 0.6 is 15.9 Å². The third-order valence-electron chi connectivity index (χ3n) is 3.65. The fourth-order valence-electron chi connectivity index (χ4n) is 2.44. The molecule has 4 nitrogen and oxygen atoms in total. The van der Waals surface area contributed by atoms with Gasteiger partial charge in [0.15, 0.2) is 0 Å². The molecule has 112 valence electrons. The monoisotopic (exact) mass is 364 g/mol. The number of benzene rings is 1. The van der Waals surface area contributed by atoms with E-state index in [-0.39, 0.29) is 11.4 Å². The molecule has 1 aromatic rings. The van der Waals surface area contributed by atoms with Crippen molar-refractivity contribution in [1.82, 2.24) is 4.72 Å². The van der Waals surface area contributed by atoms with Gasteiger partial charge in [0.25, 0.3) is 0 Å². The lowest BCUT2D eigenvalue weighted by molar-refractivity contribution is 0.296. The summed E-state index contributed by atoms with van der Waals surface area (Å²) < 4.78 is 40.9. The van der Waals surface area contributed by atoms with Crippen LogP contribution in [-0.4, -0.2) is 20.5 Å². The molecule has 0 heterocycles. The maximum atomic E-state index is 13.7. The van der Waals surface area contributed by atoms with Crippen LogP contribution in [0.4, 0.5) is 4.39 Å². The molecular formula is C13H18BrFN2O2S. The number of halogens is 2. The van der Waals surface area contributed by atoms with Crippen molar-refractivity contribution in [3.05, 3.63) is 28.5 Å². The standard InChI is InChI=1S/C13H18BrFN2O2S/c14-10-4-5-12(11(15)8-10)20(18,19)17-9-13(16)6-2-1-3-7-13/h4-5,8,17H,1-3,6-7,9,16H2. The van der Waals surface area contributed by atoms with Gasteiger partial charge >= 0.3 is 0 Å². The molecule has 7 heteroatoms. The summed E-state index contributed by atoms with van der Waals surface area (Å²) in [5.41, 5.74) is 5.66. The van der Waals surface area contributed by atoms with E-state index in [1.165, 1.54) is 12.1 Å². The second kappa shape index (κ2) is 6.09. The fraction of sp³-hybridized carbons (Fsp3) is 0.538. The van der Waals surface area contributed by atoms with Gasteiger partial charge < -0.3 is 5.73 Å². The Labute approximate surface area is 127 Å². The fourth-order valence-corrected chi connectivity index (χ4v) is 3.97.